The molecule has 0 spiro atoms. The van der Waals surface area contributed by atoms with Gasteiger partial charge in [0.2, 0.25) is 5.91 Å². The second-order valence-electron chi connectivity index (χ2n) is 5.91. The summed E-state index contributed by atoms with van der Waals surface area (Å²) in [5.74, 6) is 2.64. The molecule has 1 fully saturated rings. The molecule has 0 unspecified atom stereocenters. The minimum Gasteiger partial charge on any atom is -0.345 e. The van der Waals surface area contributed by atoms with Crippen LogP contribution in [0.5, 0.6) is 0 Å². The number of amides is 1. The van der Waals surface area contributed by atoms with Gasteiger partial charge in [0.15, 0.2) is 5.66 Å². The highest BCUT2D eigenvalue weighted by molar-refractivity contribution is 5.77. The van der Waals surface area contributed by atoms with E-state index in [-0.39, 0.29) is 17.1 Å². The first-order valence-electron chi connectivity index (χ1n) is 7.25. The van der Waals surface area contributed by atoms with Gasteiger partial charge in [-0.05, 0) is 12.8 Å². The number of aromatic nitrogens is 2. The highest BCUT2D eigenvalue weighted by Gasteiger charge is 2.48. The van der Waals surface area contributed by atoms with E-state index in [1.807, 2.05) is 17.8 Å². The van der Waals surface area contributed by atoms with Gasteiger partial charge in [-0.2, -0.15) is 10.2 Å². The molecule has 21 heavy (non-hydrogen) atoms. The number of imidazole rings is 1. The highest BCUT2D eigenvalue weighted by atomic mass is 16.1. The summed E-state index contributed by atoms with van der Waals surface area (Å²) in [6.45, 7) is 0. The first-order chi connectivity index (χ1) is 10.1. The van der Waals surface area contributed by atoms with E-state index < -0.39 is 0 Å². The fourth-order valence-corrected chi connectivity index (χ4v) is 2.70. The molecule has 0 bridgehead atoms. The molecule has 2 aliphatic rings. The molecule has 1 aromatic rings. The molecule has 1 aliphatic heterocycles. The van der Waals surface area contributed by atoms with Crippen LogP contribution in [-0.4, -0.2) is 21.1 Å². The van der Waals surface area contributed by atoms with Crippen LogP contribution in [0.3, 0.4) is 0 Å². The second-order valence-corrected chi connectivity index (χ2v) is 5.91. The van der Waals surface area contributed by atoms with Crippen molar-refractivity contribution in [2.75, 3.05) is 0 Å². The molecule has 1 aromatic heterocycles. The maximum absolute atomic E-state index is 12.2. The zero-order valence-electron chi connectivity index (χ0n) is 12.2. The summed E-state index contributed by atoms with van der Waals surface area (Å²) in [6, 6.07) is 0. The van der Waals surface area contributed by atoms with Crippen LogP contribution < -0.4 is 5.32 Å². The lowest BCUT2D eigenvalue weighted by molar-refractivity contribution is -0.122. The van der Waals surface area contributed by atoms with E-state index in [1.54, 1.807) is 6.33 Å². The molecular formula is C15H19N5O. The smallest absolute Gasteiger partial charge is 0.220 e. The number of nitrogens with one attached hydrogen (secondary N) is 1. The number of terminal acetylenes is 1. The van der Waals surface area contributed by atoms with E-state index in [1.165, 1.54) is 0 Å². The first kappa shape index (κ1) is 13.8. The Hall–Kier alpha value is -2.16. The van der Waals surface area contributed by atoms with Gasteiger partial charge in [-0.3, -0.25) is 4.79 Å². The number of carbonyl (C=O) groups excluding carboxylic acids is 1. The van der Waals surface area contributed by atoms with E-state index in [0.29, 0.717) is 19.3 Å². The topological polar surface area (TPSA) is 71.6 Å². The molecule has 1 saturated carbocycles. The molecule has 6 nitrogen and oxygen atoms in total. The van der Waals surface area contributed by atoms with Crippen molar-refractivity contribution in [3.63, 3.8) is 0 Å². The van der Waals surface area contributed by atoms with Gasteiger partial charge in [0.25, 0.3) is 0 Å². The zero-order valence-corrected chi connectivity index (χ0v) is 12.2. The normalized spacial score (nSPS) is 19.8. The summed E-state index contributed by atoms with van der Waals surface area (Å²) in [6.07, 6.45) is 13.2. The van der Waals surface area contributed by atoms with Crippen molar-refractivity contribution in [1.82, 2.24) is 14.9 Å². The Morgan fingerprint density at radius 3 is 2.76 bits per heavy atom. The lowest BCUT2D eigenvalue weighted by Crippen LogP contribution is -2.36. The van der Waals surface area contributed by atoms with Crippen molar-refractivity contribution in [1.29, 1.82) is 0 Å². The Balaban J connectivity index is 1.51. The van der Waals surface area contributed by atoms with Crippen molar-refractivity contribution >= 4 is 5.91 Å². The highest BCUT2D eigenvalue weighted by Crippen LogP contribution is 2.45. The lowest BCUT2D eigenvalue weighted by atomic mass is 10.0. The van der Waals surface area contributed by atoms with E-state index in [9.17, 15) is 4.79 Å². The SMILES string of the molecule is C#CCCC1(CCC(=O)NC2(c3cncn3C)CC2)N=N1. The molecule has 3 rings (SSSR count). The predicted molar refractivity (Wildman–Crippen MR) is 77.2 cm³/mol. The molecule has 2 heterocycles. The maximum Gasteiger partial charge on any atom is 0.220 e. The molecule has 6 heteroatoms. The summed E-state index contributed by atoms with van der Waals surface area (Å²) in [4.78, 5) is 16.3. The van der Waals surface area contributed by atoms with E-state index in [4.69, 9.17) is 6.42 Å². The van der Waals surface area contributed by atoms with Gasteiger partial charge in [-0.25, -0.2) is 4.98 Å². The van der Waals surface area contributed by atoms with Crippen molar-refractivity contribution in [3.05, 3.63) is 18.2 Å². The monoisotopic (exact) mass is 285 g/mol. The number of nitrogens with zero attached hydrogens (tertiary/aromatic N) is 4. The third kappa shape index (κ3) is 2.82. The van der Waals surface area contributed by atoms with Gasteiger partial charge < -0.3 is 9.88 Å². The Morgan fingerprint density at radius 2 is 2.24 bits per heavy atom. The summed E-state index contributed by atoms with van der Waals surface area (Å²) in [5.41, 5.74) is 0.470. The summed E-state index contributed by atoms with van der Waals surface area (Å²) < 4.78 is 1.97. The molecular weight excluding hydrogens is 266 g/mol. The van der Waals surface area contributed by atoms with E-state index in [0.717, 1.165) is 25.0 Å². The standard InChI is InChI=1S/C15H19N5O/c1-3-4-6-15(18-19-15)7-5-13(21)17-14(8-9-14)12-10-16-11-20(12)2/h1,10-11H,4-9H2,2H3,(H,17,21). The first-order valence-corrected chi connectivity index (χ1v) is 7.25. The largest absolute Gasteiger partial charge is 0.345 e. The van der Waals surface area contributed by atoms with Gasteiger partial charge in [-0.15, -0.1) is 12.3 Å². The summed E-state index contributed by atoms with van der Waals surface area (Å²) in [5, 5.41) is 11.3. The molecule has 0 atom stereocenters. The number of aryl methyl sites for hydroxylation is 1. The molecule has 0 saturated heterocycles. The Labute approximate surface area is 124 Å². The fraction of sp³-hybridized carbons (Fsp3) is 0.600. The Kier molecular flexibility index (Phi) is 3.28. The Morgan fingerprint density at radius 1 is 1.48 bits per heavy atom. The average Bonchev–Trinajstić information content (AvgIpc) is 3.37. The van der Waals surface area contributed by atoms with Crippen LogP contribution in [-0.2, 0) is 17.4 Å². The number of carbonyl (C=O) groups is 1. The van der Waals surface area contributed by atoms with Gasteiger partial charge in [0.05, 0.1) is 23.8 Å². The predicted octanol–water partition coefficient (Wildman–Crippen LogP) is 1.88. The van der Waals surface area contributed by atoms with Crippen LogP contribution in [0.1, 0.15) is 44.2 Å². The van der Waals surface area contributed by atoms with Gasteiger partial charge in [0.1, 0.15) is 0 Å². The quantitative estimate of drug-likeness (QED) is 0.777. The minimum atomic E-state index is -0.382. The van der Waals surface area contributed by atoms with Gasteiger partial charge >= 0.3 is 0 Å². The number of hydrogen-bond donors (Lipinski definition) is 1. The Bertz CT molecular complexity index is 614. The molecule has 1 amide bonds. The second kappa shape index (κ2) is 4.99. The minimum absolute atomic E-state index is 0.0473. The molecule has 0 radical (unpaired) electrons. The number of rotatable bonds is 7. The third-order valence-electron chi connectivity index (χ3n) is 4.24. The van der Waals surface area contributed by atoms with E-state index in [2.05, 4.69) is 26.4 Å². The van der Waals surface area contributed by atoms with Crippen molar-refractivity contribution < 1.29 is 4.79 Å². The lowest BCUT2D eigenvalue weighted by Gasteiger charge is -2.18. The fourth-order valence-electron chi connectivity index (χ4n) is 2.70. The van der Waals surface area contributed by atoms with Crippen LogP contribution in [0.2, 0.25) is 0 Å². The van der Waals surface area contributed by atoms with Crippen LogP contribution >= 0.6 is 0 Å². The summed E-state index contributed by atoms with van der Waals surface area (Å²) >= 11 is 0. The van der Waals surface area contributed by atoms with Crippen LogP contribution in [0.25, 0.3) is 0 Å². The van der Waals surface area contributed by atoms with Crippen molar-refractivity contribution in [2.45, 2.75) is 49.7 Å². The van der Waals surface area contributed by atoms with Gasteiger partial charge in [0, 0.05) is 32.7 Å². The van der Waals surface area contributed by atoms with Crippen molar-refractivity contribution in [2.24, 2.45) is 17.3 Å². The molecule has 1 aliphatic carbocycles. The van der Waals surface area contributed by atoms with Crippen LogP contribution in [0.15, 0.2) is 22.8 Å². The third-order valence-corrected chi connectivity index (χ3v) is 4.24. The summed E-state index contributed by atoms with van der Waals surface area (Å²) in [7, 11) is 1.95. The molecule has 1 N–H and O–H groups in total. The molecule has 0 aromatic carbocycles. The van der Waals surface area contributed by atoms with Gasteiger partial charge in [-0.1, -0.05) is 0 Å². The average molecular weight is 285 g/mol. The van der Waals surface area contributed by atoms with Crippen LogP contribution in [0, 0.1) is 12.3 Å². The number of hydrogen-bond acceptors (Lipinski definition) is 4. The van der Waals surface area contributed by atoms with Crippen molar-refractivity contribution in [3.8, 4) is 12.3 Å². The maximum atomic E-state index is 12.2. The zero-order chi connectivity index (χ0) is 14.9. The van der Waals surface area contributed by atoms with E-state index >= 15 is 0 Å². The molecule has 110 valence electrons. The van der Waals surface area contributed by atoms with Crippen LogP contribution in [0.4, 0.5) is 0 Å².